The molecule has 1 aromatic carbocycles. The zero-order valence-corrected chi connectivity index (χ0v) is 14.7. The molecule has 0 fully saturated rings. The summed E-state index contributed by atoms with van der Waals surface area (Å²) in [6, 6.07) is 4.46. The van der Waals surface area contributed by atoms with Crippen molar-refractivity contribution in [2.24, 2.45) is 0 Å². The number of anilines is 1. The van der Waals surface area contributed by atoms with Crippen LogP contribution in [0.1, 0.15) is 27.2 Å². The van der Waals surface area contributed by atoms with Crippen molar-refractivity contribution in [1.82, 2.24) is 4.57 Å². The van der Waals surface area contributed by atoms with Gasteiger partial charge in [0.05, 0.1) is 36.7 Å². The number of hydrogen-bond acceptors (Lipinski definition) is 6. The van der Waals surface area contributed by atoms with E-state index in [1.54, 1.807) is 6.07 Å². The van der Waals surface area contributed by atoms with Crippen LogP contribution in [0.15, 0.2) is 30.5 Å². The number of alkyl halides is 3. The van der Waals surface area contributed by atoms with Gasteiger partial charge in [-0.2, -0.15) is 18.4 Å². The Morgan fingerprint density at radius 2 is 1.93 bits per heavy atom. The molecule has 0 spiro atoms. The molecule has 2 aromatic rings. The Morgan fingerprint density at radius 1 is 1.25 bits per heavy atom. The van der Waals surface area contributed by atoms with Crippen LogP contribution in [0.2, 0.25) is 0 Å². The molecule has 7 nitrogen and oxygen atoms in total. The van der Waals surface area contributed by atoms with Crippen molar-refractivity contribution < 1.29 is 32.2 Å². The molecule has 28 heavy (non-hydrogen) atoms. The summed E-state index contributed by atoms with van der Waals surface area (Å²) in [5.41, 5.74) is 4.11. The molecule has 0 aliphatic heterocycles. The maximum absolute atomic E-state index is 13.2. The number of rotatable bonds is 4. The zero-order chi connectivity index (χ0) is 21.1. The van der Waals surface area contributed by atoms with Crippen LogP contribution in [0.5, 0.6) is 0 Å². The number of nitriles is 1. The highest BCUT2D eigenvalue weighted by Crippen LogP contribution is 2.34. The Balaban J connectivity index is 2.82. The molecule has 146 valence electrons. The number of carbonyl (C=O) groups excluding carboxylic acids is 2. The average molecular weight is 393 g/mol. The van der Waals surface area contributed by atoms with E-state index in [9.17, 15) is 22.8 Å². The number of methoxy groups -OCH3 is 2. The number of ether oxygens (including phenoxy) is 2. The topological polar surface area (TPSA) is 107 Å². The third-order valence-corrected chi connectivity index (χ3v) is 3.76. The summed E-state index contributed by atoms with van der Waals surface area (Å²) in [5, 5.41) is 9.17. The van der Waals surface area contributed by atoms with E-state index in [-0.39, 0.29) is 28.2 Å². The Labute approximate surface area is 157 Å². The number of nitrogens with two attached hydrogens (primary N) is 1. The average Bonchev–Trinajstić information content (AvgIpc) is 3.00. The van der Waals surface area contributed by atoms with Crippen LogP contribution in [-0.2, 0) is 20.4 Å². The molecular formula is C18H14F3N3O4. The highest BCUT2D eigenvalue weighted by atomic mass is 19.4. The molecule has 0 aliphatic rings. The van der Waals surface area contributed by atoms with Gasteiger partial charge in [-0.1, -0.05) is 6.07 Å². The van der Waals surface area contributed by atoms with Gasteiger partial charge in [-0.15, -0.1) is 0 Å². The lowest BCUT2D eigenvalue weighted by molar-refractivity contribution is -0.137. The molecule has 0 unspecified atom stereocenters. The van der Waals surface area contributed by atoms with Crippen LogP contribution in [-0.4, -0.2) is 30.7 Å². The number of nitrogen functional groups attached to an aromatic ring is 1. The quantitative estimate of drug-likeness (QED) is 0.632. The minimum atomic E-state index is -4.67. The van der Waals surface area contributed by atoms with Gasteiger partial charge < -0.3 is 19.8 Å². The van der Waals surface area contributed by atoms with E-state index in [2.05, 4.69) is 9.47 Å². The predicted molar refractivity (Wildman–Crippen MR) is 92.3 cm³/mol. The predicted octanol–water partition coefficient (Wildman–Crippen LogP) is 2.92. The Kier molecular flexibility index (Phi) is 5.78. The number of benzene rings is 1. The first-order valence-corrected chi connectivity index (χ1v) is 7.61. The van der Waals surface area contributed by atoms with E-state index >= 15 is 0 Å². The van der Waals surface area contributed by atoms with E-state index in [1.807, 2.05) is 0 Å². The number of hydrogen-bond donors (Lipinski definition) is 1. The summed E-state index contributed by atoms with van der Waals surface area (Å²) in [5.74, 6) is -1.68. The van der Waals surface area contributed by atoms with E-state index in [0.29, 0.717) is 0 Å². The number of halogens is 3. The van der Waals surface area contributed by atoms with E-state index in [1.165, 1.54) is 6.08 Å². The largest absolute Gasteiger partial charge is 0.466 e. The second kappa shape index (κ2) is 7.87. The van der Waals surface area contributed by atoms with Crippen molar-refractivity contribution in [3.05, 3.63) is 52.9 Å². The molecule has 0 atom stereocenters. The number of nitrogens with zero attached hydrogens (tertiary/aromatic N) is 2. The van der Waals surface area contributed by atoms with Crippen LogP contribution in [0.4, 0.5) is 18.9 Å². The summed E-state index contributed by atoms with van der Waals surface area (Å²) in [6.45, 7) is 0. The lowest BCUT2D eigenvalue weighted by Gasteiger charge is -2.15. The van der Waals surface area contributed by atoms with Gasteiger partial charge in [0.15, 0.2) is 5.69 Å². The Morgan fingerprint density at radius 3 is 2.46 bits per heavy atom. The first-order chi connectivity index (χ1) is 13.1. The number of esters is 2. The molecule has 1 heterocycles. The van der Waals surface area contributed by atoms with Crippen LogP contribution >= 0.6 is 0 Å². The second-order valence-corrected chi connectivity index (χ2v) is 5.41. The molecule has 0 radical (unpaired) electrons. The summed E-state index contributed by atoms with van der Waals surface area (Å²) in [6.07, 6.45) is -1.33. The molecule has 1 aromatic heterocycles. The van der Waals surface area contributed by atoms with Crippen molar-refractivity contribution in [1.29, 1.82) is 5.26 Å². The van der Waals surface area contributed by atoms with Crippen molar-refractivity contribution >= 4 is 23.7 Å². The van der Waals surface area contributed by atoms with Gasteiger partial charge in [0.2, 0.25) is 0 Å². The summed E-state index contributed by atoms with van der Waals surface area (Å²) < 4.78 is 49.7. The fourth-order valence-corrected chi connectivity index (χ4v) is 2.40. The van der Waals surface area contributed by atoms with Crippen molar-refractivity contribution in [3.8, 4) is 11.8 Å². The van der Waals surface area contributed by atoms with Crippen LogP contribution in [0, 0.1) is 11.3 Å². The molecule has 0 saturated heterocycles. The van der Waals surface area contributed by atoms with Gasteiger partial charge in [-0.05, 0) is 23.8 Å². The first-order valence-electron chi connectivity index (χ1n) is 7.61. The standard InChI is InChI=1S/C18H14F3N3O4/c1-27-14(25)6-4-10-3-5-12(18(19,20)21)7-13(10)24-9-11(8-22)15(23)16(24)17(26)28-2/h3-7,9H,23H2,1-2H3. The molecule has 0 aliphatic carbocycles. The highest BCUT2D eigenvalue weighted by molar-refractivity contribution is 5.96. The molecule has 10 heteroatoms. The summed E-state index contributed by atoms with van der Waals surface area (Å²) >= 11 is 0. The Hall–Kier alpha value is -3.74. The number of carbonyl (C=O) groups is 2. The monoisotopic (exact) mass is 393 g/mol. The first kappa shape index (κ1) is 20.6. The van der Waals surface area contributed by atoms with Gasteiger partial charge in [0.25, 0.3) is 0 Å². The summed E-state index contributed by atoms with van der Waals surface area (Å²) in [7, 11) is 2.21. The fourth-order valence-electron chi connectivity index (χ4n) is 2.40. The minimum Gasteiger partial charge on any atom is -0.466 e. The van der Waals surface area contributed by atoms with Crippen LogP contribution < -0.4 is 5.73 Å². The molecule has 2 rings (SSSR count). The van der Waals surface area contributed by atoms with E-state index in [0.717, 1.165) is 49.3 Å². The van der Waals surface area contributed by atoms with Crippen molar-refractivity contribution in [2.45, 2.75) is 6.18 Å². The normalized spacial score (nSPS) is 11.3. The number of aromatic nitrogens is 1. The lowest BCUT2D eigenvalue weighted by Crippen LogP contribution is -2.13. The van der Waals surface area contributed by atoms with Gasteiger partial charge in [0, 0.05) is 12.3 Å². The second-order valence-electron chi connectivity index (χ2n) is 5.41. The Bertz CT molecular complexity index is 1000. The third kappa shape index (κ3) is 3.98. The third-order valence-electron chi connectivity index (χ3n) is 3.76. The van der Waals surface area contributed by atoms with Gasteiger partial charge in [-0.3, -0.25) is 0 Å². The molecule has 0 saturated carbocycles. The summed E-state index contributed by atoms with van der Waals surface area (Å²) in [4.78, 5) is 23.5. The highest BCUT2D eigenvalue weighted by Gasteiger charge is 2.32. The van der Waals surface area contributed by atoms with Gasteiger partial charge in [0.1, 0.15) is 6.07 Å². The SMILES string of the molecule is COC(=O)C=Cc1ccc(C(F)(F)F)cc1-n1cc(C#N)c(N)c1C(=O)OC. The lowest BCUT2D eigenvalue weighted by atomic mass is 10.1. The van der Waals surface area contributed by atoms with Crippen molar-refractivity contribution in [2.75, 3.05) is 20.0 Å². The van der Waals surface area contributed by atoms with Crippen LogP contribution in [0.25, 0.3) is 11.8 Å². The maximum Gasteiger partial charge on any atom is 0.416 e. The van der Waals surface area contributed by atoms with Crippen molar-refractivity contribution in [3.63, 3.8) is 0 Å². The molecular weight excluding hydrogens is 379 g/mol. The molecule has 0 amide bonds. The minimum absolute atomic E-state index is 0.124. The van der Waals surface area contributed by atoms with Crippen LogP contribution in [0.3, 0.4) is 0 Å². The van der Waals surface area contributed by atoms with E-state index in [4.69, 9.17) is 11.0 Å². The zero-order valence-electron chi connectivity index (χ0n) is 14.7. The van der Waals surface area contributed by atoms with Gasteiger partial charge >= 0.3 is 18.1 Å². The van der Waals surface area contributed by atoms with Gasteiger partial charge in [-0.25, -0.2) is 9.59 Å². The fraction of sp³-hybridized carbons (Fsp3) is 0.167. The smallest absolute Gasteiger partial charge is 0.416 e. The van der Waals surface area contributed by atoms with E-state index < -0.39 is 23.7 Å². The molecule has 2 N–H and O–H groups in total. The maximum atomic E-state index is 13.2. The molecule has 0 bridgehead atoms.